The minimum absolute atomic E-state index is 0.0729. The van der Waals surface area contributed by atoms with Crippen LogP contribution in [0.1, 0.15) is 0 Å². The van der Waals surface area contributed by atoms with E-state index in [1.807, 2.05) is 18.2 Å². The molecule has 25 heavy (non-hydrogen) atoms. The maximum atomic E-state index is 12.0. The fraction of sp³-hybridized carbons (Fsp3) is 0.235. The topological polar surface area (TPSA) is 104 Å². The van der Waals surface area contributed by atoms with Gasteiger partial charge in [-0.2, -0.15) is 0 Å². The van der Waals surface area contributed by atoms with Crippen LogP contribution < -0.4 is 20.1 Å². The van der Waals surface area contributed by atoms with Crippen molar-refractivity contribution in [2.24, 2.45) is 0 Å². The Balaban J connectivity index is 1.52. The van der Waals surface area contributed by atoms with Crippen LogP contribution in [0.5, 0.6) is 11.5 Å². The van der Waals surface area contributed by atoms with Crippen molar-refractivity contribution in [1.82, 2.24) is 4.98 Å². The number of nitrogens with zero attached hydrogens (tertiary/aromatic N) is 2. The average molecular weight is 343 g/mol. The van der Waals surface area contributed by atoms with Gasteiger partial charge < -0.3 is 19.9 Å². The van der Waals surface area contributed by atoms with E-state index in [2.05, 4.69) is 4.98 Å². The summed E-state index contributed by atoms with van der Waals surface area (Å²) in [6.45, 7) is -0.141. The Hall–Kier alpha value is -3.29. The lowest BCUT2D eigenvalue weighted by atomic mass is 10.3. The summed E-state index contributed by atoms with van der Waals surface area (Å²) >= 11 is 0. The lowest BCUT2D eigenvalue weighted by Crippen LogP contribution is -2.43. The normalized spacial score (nSPS) is 13.0. The van der Waals surface area contributed by atoms with E-state index in [4.69, 9.17) is 19.9 Å². The Bertz CT molecular complexity index is 766. The molecule has 0 unspecified atom stereocenters. The quantitative estimate of drug-likeness (QED) is 0.616. The van der Waals surface area contributed by atoms with E-state index < -0.39 is 5.97 Å². The third-order valence-electron chi connectivity index (χ3n) is 3.41. The van der Waals surface area contributed by atoms with Crippen LogP contribution in [0, 0.1) is 0 Å². The van der Waals surface area contributed by atoms with Gasteiger partial charge in [-0.3, -0.25) is 14.5 Å². The summed E-state index contributed by atoms with van der Waals surface area (Å²) in [6.07, 6.45) is 0. The van der Waals surface area contributed by atoms with Crippen molar-refractivity contribution in [1.29, 1.82) is 0 Å². The lowest BCUT2D eigenvalue weighted by molar-refractivity contribution is -0.143. The molecule has 0 fully saturated rings. The number of carbonyl (C=O) groups excluding carboxylic acids is 2. The minimum Gasteiger partial charge on any atom is -0.490 e. The molecular weight excluding hydrogens is 326 g/mol. The van der Waals surface area contributed by atoms with Crippen molar-refractivity contribution in [3.05, 3.63) is 42.5 Å². The van der Waals surface area contributed by atoms with E-state index in [-0.39, 0.29) is 43.9 Å². The SMILES string of the molecule is Nc1ccc2c(n1)N(CC(=O)OCCOc1ccccc1)C(=O)CO2. The standard InChI is InChI=1S/C17H17N3O5/c18-14-7-6-13-17(19-14)20(15(21)11-25-13)10-16(22)24-9-8-23-12-4-2-1-3-5-12/h1-7H,8-11H2,(H2,18,19). The van der Waals surface area contributed by atoms with Crippen LogP contribution in [0.15, 0.2) is 42.5 Å². The third kappa shape index (κ3) is 4.17. The molecule has 3 rings (SSSR count). The van der Waals surface area contributed by atoms with Crippen molar-refractivity contribution < 1.29 is 23.8 Å². The van der Waals surface area contributed by atoms with Gasteiger partial charge in [-0.1, -0.05) is 18.2 Å². The molecule has 1 amide bonds. The molecule has 1 aliphatic heterocycles. The summed E-state index contributed by atoms with van der Waals surface area (Å²) in [7, 11) is 0. The first-order valence-corrected chi connectivity index (χ1v) is 7.66. The number of ether oxygens (including phenoxy) is 3. The number of hydrogen-bond acceptors (Lipinski definition) is 7. The highest BCUT2D eigenvalue weighted by atomic mass is 16.6. The van der Waals surface area contributed by atoms with Crippen molar-refractivity contribution in [3.63, 3.8) is 0 Å². The molecule has 0 saturated carbocycles. The van der Waals surface area contributed by atoms with Crippen molar-refractivity contribution in [3.8, 4) is 11.5 Å². The third-order valence-corrected chi connectivity index (χ3v) is 3.41. The molecule has 2 aromatic rings. The van der Waals surface area contributed by atoms with Crippen LogP contribution >= 0.6 is 0 Å². The predicted molar refractivity (Wildman–Crippen MR) is 89.4 cm³/mol. The van der Waals surface area contributed by atoms with Crippen LogP contribution in [0.4, 0.5) is 11.6 Å². The van der Waals surface area contributed by atoms with E-state index in [9.17, 15) is 9.59 Å². The zero-order valence-corrected chi connectivity index (χ0v) is 13.4. The number of hydrogen-bond donors (Lipinski definition) is 1. The van der Waals surface area contributed by atoms with Crippen LogP contribution in [0.2, 0.25) is 0 Å². The van der Waals surface area contributed by atoms with Gasteiger partial charge in [0.05, 0.1) is 0 Å². The first-order chi connectivity index (χ1) is 12.1. The minimum atomic E-state index is -0.568. The van der Waals surface area contributed by atoms with Crippen molar-refractivity contribution in [2.45, 2.75) is 0 Å². The highest BCUT2D eigenvalue weighted by Gasteiger charge is 2.29. The zero-order chi connectivity index (χ0) is 17.6. The van der Waals surface area contributed by atoms with Gasteiger partial charge in [0.2, 0.25) is 0 Å². The number of anilines is 2. The Morgan fingerprint density at radius 3 is 2.80 bits per heavy atom. The highest BCUT2D eigenvalue weighted by Crippen LogP contribution is 2.30. The van der Waals surface area contributed by atoms with Gasteiger partial charge in [-0.15, -0.1) is 0 Å². The molecule has 8 nitrogen and oxygen atoms in total. The van der Waals surface area contributed by atoms with Gasteiger partial charge in [-0.25, -0.2) is 4.98 Å². The molecule has 0 bridgehead atoms. The van der Waals surface area contributed by atoms with Crippen LogP contribution in [0.25, 0.3) is 0 Å². The lowest BCUT2D eigenvalue weighted by Gasteiger charge is -2.27. The van der Waals surface area contributed by atoms with Crippen LogP contribution in [-0.4, -0.2) is 43.2 Å². The van der Waals surface area contributed by atoms with Crippen molar-refractivity contribution in [2.75, 3.05) is 37.0 Å². The largest absolute Gasteiger partial charge is 0.490 e. The summed E-state index contributed by atoms with van der Waals surface area (Å²) in [5.41, 5.74) is 5.64. The van der Waals surface area contributed by atoms with Gasteiger partial charge in [0.1, 0.15) is 31.3 Å². The molecule has 1 aromatic carbocycles. The number of pyridine rings is 1. The van der Waals surface area contributed by atoms with Gasteiger partial charge in [-0.05, 0) is 24.3 Å². The molecule has 0 aliphatic carbocycles. The second kappa shape index (κ2) is 7.52. The number of rotatable bonds is 6. The maximum absolute atomic E-state index is 12.0. The summed E-state index contributed by atoms with van der Waals surface area (Å²) in [5, 5.41) is 0. The molecule has 1 aromatic heterocycles. The van der Waals surface area contributed by atoms with Crippen LogP contribution in [0.3, 0.4) is 0 Å². The summed E-state index contributed by atoms with van der Waals surface area (Å²) in [4.78, 5) is 29.3. The first kappa shape index (κ1) is 16.6. The summed E-state index contributed by atoms with van der Waals surface area (Å²) in [5.74, 6) is 0.579. The maximum Gasteiger partial charge on any atom is 0.326 e. The Labute approximate surface area is 144 Å². The molecule has 2 N–H and O–H groups in total. The second-order valence-corrected chi connectivity index (χ2v) is 5.21. The molecular formula is C17H17N3O5. The predicted octanol–water partition coefficient (Wildman–Crippen LogP) is 1.01. The Morgan fingerprint density at radius 1 is 1.20 bits per heavy atom. The molecule has 0 radical (unpaired) electrons. The first-order valence-electron chi connectivity index (χ1n) is 7.66. The molecule has 1 aliphatic rings. The summed E-state index contributed by atoms with van der Waals surface area (Å²) < 4.78 is 15.8. The number of amides is 1. The van der Waals surface area contributed by atoms with Gasteiger partial charge in [0, 0.05) is 0 Å². The monoisotopic (exact) mass is 343 g/mol. The van der Waals surface area contributed by atoms with E-state index >= 15 is 0 Å². The zero-order valence-electron chi connectivity index (χ0n) is 13.4. The number of esters is 1. The highest BCUT2D eigenvalue weighted by molar-refractivity contribution is 6.00. The molecule has 0 saturated heterocycles. The van der Waals surface area contributed by atoms with Crippen LogP contribution in [-0.2, 0) is 14.3 Å². The summed E-state index contributed by atoms with van der Waals surface area (Å²) in [6, 6.07) is 12.4. The second-order valence-electron chi connectivity index (χ2n) is 5.21. The number of nitrogens with two attached hydrogens (primary N) is 1. The molecule has 0 spiro atoms. The fourth-order valence-electron chi connectivity index (χ4n) is 2.26. The van der Waals surface area contributed by atoms with E-state index in [0.29, 0.717) is 11.5 Å². The number of benzene rings is 1. The van der Waals surface area contributed by atoms with E-state index in [1.165, 1.54) is 4.90 Å². The molecule has 130 valence electrons. The fourth-order valence-corrected chi connectivity index (χ4v) is 2.26. The van der Waals surface area contributed by atoms with E-state index in [1.54, 1.807) is 24.3 Å². The van der Waals surface area contributed by atoms with Gasteiger partial charge in [0.25, 0.3) is 5.91 Å². The number of para-hydroxylation sites is 1. The number of fused-ring (bicyclic) bond motifs is 1. The van der Waals surface area contributed by atoms with Crippen molar-refractivity contribution >= 4 is 23.5 Å². The van der Waals surface area contributed by atoms with E-state index in [0.717, 1.165) is 0 Å². The van der Waals surface area contributed by atoms with Gasteiger partial charge >= 0.3 is 5.97 Å². The Kier molecular flexibility index (Phi) is 4.98. The molecule has 8 heteroatoms. The Morgan fingerprint density at radius 2 is 2.00 bits per heavy atom. The average Bonchev–Trinajstić information content (AvgIpc) is 2.62. The van der Waals surface area contributed by atoms with Gasteiger partial charge in [0.15, 0.2) is 18.2 Å². The number of aromatic nitrogens is 1. The molecule has 2 heterocycles. The number of nitrogen functional groups attached to an aromatic ring is 1. The molecule has 0 atom stereocenters. The smallest absolute Gasteiger partial charge is 0.326 e. The number of carbonyl (C=O) groups is 2.